The zero-order chi connectivity index (χ0) is 14.5. The number of hydrogen-bond donors (Lipinski definition) is 2. The normalized spacial score (nSPS) is 18.1. The molecule has 6 heteroatoms. The molecule has 0 bridgehead atoms. The van der Waals surface area contributed by atoms with Crippen LogP contribution >= 0.6 is 0 Å². The van der Waals surface area contributed by atoms with Crippen molar-refractivity contribution in [2.45, 2.75) is 39.2 Å². The third-order valence-corrected chi connectivity index (χ3v) is 3.53. The van der Waals surface area contributed by atoms with Crippen LogP contribution in [0, 0.1) is 0 Å². The fourth-order valence-corrected chi connectivity index (χ4v) is 2.54. The molecular weight excluding hydrogens is 254 g/mol. The molecule has 1 aliphatic rings. The first kappa shape index (κ1) is 14.6. The van der Waals surface area contributed by atoms with Gasteiger partial charge in [0.2, 0.25) is 5.91 Å². The van der Waals surface area contributed by atoms with Crippen molar-refractivity contribution in [3.8, 4) is 0 Å². The van der Waals surface area contributed by atoms with Crippen LogP contribution in [0.15, 0.2) is 6.07 Å². The lowest BCUT2D eigenvalue weighted by Gasteiger charge is -2.25. The second-order valence-corrected chi connectivity index (χ2v) is 4.88. The van der Waals surface area contributed by atoms with Gasteiger partial charge in [-0.15, -0.1) is 0 Å². The van der Waals surface area contributed by atoms with Crippen LogP contribution in [0.1, 0.15) is 32.5 Å². The number of aromatic nitrogens is 2. The molecule has 0 spiro atoms. The van der Waals surface area contributed by atoms with Gasteiger partial charge >= 0.3 is 0 Å². The predicted molar refractivity (Wildman–Crippen MR) is 80.0 cm³/mol. The summed E-state index contributed by atoms with van der Waals surface area (Å²) in [6.45, 7) is 5.76. The fraction of sp³-hybridized carbons (Fsp3) is 0.643. The average Bonchev–Trinajstić information content (AvgIpc) is 2.95. The van der Waals surface area contributed by atoms with Gasteiger partial charge in [-0.05, 0) is 19.8 Å². The van der Waals surface area contributed by atoms with Crippen molar-refractivity contribution in [2.75, 3.05) is 30.4 Å². The Labute approximate surface area is 120 Å². The molecule has 0 aliphatic carbocycles. The summed E-state index contributed by atoms with van der Waals surface area (Å²) in [7, 11) is 1.68. The standard InChI is InChI=1S/C14H23N5O/c1-4-11-17-12(16-5-2)9-13(18-11)19-8-6-7-10(19)14(20)15-3/h9-10H,4-8H2,1-3H3,(H,15,20)(H,16,17,18). The molecule has 0 aromatic carbocycles. The lowest BCUT2D eigenvalue weighted by atomic mass is 10.2. The van der Waals surface area contributed by atoms with E-state index in [1.807, 2.05) is 19.9 Å². The van der Waals surface area contributed by atoms with Crippen LogP contribution < -0.4 is 15.5 Å². The monoisotopic (exact) mass is 277 g/mol. The maximum atomic E-state index is 12.0. The van der Waals surface area contributed by atoms with E-state index in [1.54, 1.807) is 7.05 Å². The number of nitrogens with one attached hydrogen (secondary N) is 2. The number of carbonyl (C=O) groups is 1. The minimum absolute atomic E-state index is 0.0594. The molecule has 2 heterocycles. The Morgan fingerprint density at radius 2 is 2.25 bits per heavy atom. The van der Waals surface area contributed by atoms with Crippen LogP contribution in [-0.4, -0.2) is 42.1 Å². The van der Waals surface area contributed by atoms with Gasteiger partial charge in [-0.2, -0.15) is 0 Å². The van der Waals surface area contributed by atoms with Gasteiger partial charge in [-0.1, -0.05) is 6.92 Å². The van der Waals surface area contributed by atoms with Gasteiger partial charge in [0.05, 0.1) is 0 Å². The Kier molecular flexibility index (Phi) is 4.76. The van der Waals surface area contributed by atoms with Crippen molar-refractivity contribution in [1.82, 2.24) is 15.3 Å². The Hall–Kier alpha value is -1.85. The molecule has 2 N–H and O–H groups in total. The second kappa shape index (κ2) is 6.54. The Bertz CT molecular complexity index is 477. The van der Waals surface area contributed by atoms with E-state index >= 15 is 0 Å². The summed E-state index contributed by atoms with van der Waals surface area (Å²) in [5, 5.41) is 5.96. The molecular formula is C14H23N5O. The SMILES string of the molecule is CCNc1cc(N2CCCC2C(=O)NC)nc(CC)n1. The molecule has 0 saturated carbocycles. The van der Waals surface area contributed by atoms with E-state index in [1.165, 1.54) is 0 Å². The third-order valence-electron chi connectivity index (χ3n) is 3.53. The lowest BCUT2D eigenvalue weighted by Crippen LogP contribution is -2.42. The van der Waals surface area contributed by atoms with Crippen LogP contribution in [0.5, 0.6) is 0 Å². The van der Waals surface area contributed by atoms with Gasteiger partial charge in [0.25, 0.3) is 0 Å². The number of amides is 1. The summed E-state index contributed by atoms with van der Waals surface area (Å²) in [6.07, 6.45) is 2.67. The number of carbonyl (C=O) groups excluding carboxylic acids is 1. The van der Waals surface area contributed by atoms with E-state index < -0.39 is 0 Å². The molecule has 1 fully saturated rings. The minimum Gasteiger partial charge on any atom is -0.370 e. The second-order valence-electron chi connectivity index (χ2n) is 4.88. The number of anilines is 2. The van der Waals surface area contributed by atoms with Gasteiger partial charge < -0.3 is 15.5 Å². The first-order chi connectivity index (χ1) is 9.69. The third kappa shape index (κ3) is 3.00. The van der Waals surface area contributed by atoms with Crippen molar-refractivity contribution >= 4 is 17.5 Å². The van der Waals surface area contributed by atoms with Crippen LogP contribution in [0.4, 0.5) is 11.6 Å². The number of rotatable bonds is 5. The summed E-state index contributed by atoms with van der Waals surface area (Å²) in [5.41, 5.74) is 0. The molecule has 6 nitrogen and oxygen atoms in total. The van der Waals surface area contributed by atoms with Crippen molar-refractivity contribution in [2.24, 2.45) is 0 Å². The summed E-state index contributed by atoms with van der Waals surface area (Å²) >= 11 is 0. The predicted octanol–water partition coefficient (Wildman–Crippen LogP) is 1.19. The maximum Gasteiger partial charge on any atom is 0.242 e. The van der Waals surface area contributed by atoms with E-state index in [9.17, 15) is 4.79 Å². The number of nitrogens with zero attached hydrogens (tertiary/aromatic N) is 3. The molecule has 20 heavy (non-hydrogen) atoms. The molecule has 2 rings (SSSR count). The topological polar surface area (TPSA) is 70.2 Å². The molecule has 1 unspecified atom stereocenters. The van der Waals surface area contributed by atoms with Crippen LogP contribution in [0.25, 0.3) is 0 Å². The largest absolute Gasteiger partial charge is 0.370 e. The summed E-state index contributed by atoms with van der Waals surface area (Å²) in [5.74, 6) is 2.54. The van der Waals surface area contributed by atoms with Gasteiger partial charge in [0.1, 0.15) is 23.5 Å². The molecule has 1 aromatic heterocycles. The van der Waals surface area contributed by atoms with Crippen LogP contribution in [-0.2, 0) is 11.2 Å². The highest BCUT2D eigenvalue weighted by atomic mass is 16.2. The highest BCUT2D eigenvalue weighted by Crippen LogP contribution is 2.25. The summed E-state index contributed by atoms with van der Waals surface area (Å²) in [6, 6.07) is 1.82. The summed E-state index contributed by atoms with van der Waals surface area (Å²) in [4.78, 5) is 23.1. The molecule has 1 atom stereocenters. The van der Waals surface area contributed by atoms with Crippen molar-refractivity contribution < 1.29 is 4.79 Å². The summed E-state index contributed by atoms with van der Waals surface area (Å²) < 4.78 is 0. The Balaban J connectivity index is 2.30. The molecule has 1 amide bonds. The first-order valence-electron chi connectivity index (χ1n) is 7.29. The van der Waals surface area contributed by atoms with Gasteiger partial charge in [-0.3, -0.25) is 4.79 Å². The van der Waals surface area contributed by atoms with E-state index in [-0.39, 0.29) is 11.9 Å². The Morgan fingerprint density at radius 3 is 2.90 bits per heavy atom. The quantitative estimate of drug-likeness (QED) is 0.846. The number of likely N-dealkylation sites (N-methyl/N-ethyl adjacent to an activating group) is 1. The Morgan fingerprint density at radius 1 is 1.45 bits per heavy atom. The zero-order valence-electron chi connectivity index (χ0n) is 12.4. The lowest BCUT2D eigenvalue weighted by molar-refractivity contribution is -0.121. The first-order valence-corrected chi connectivity index (χ1v) is 7.29. The van der Waals surface area contributed by atoms with Crippen LogP contribution in [0.2, 0.25) is 0 Å². The highest BCUT2D eigenvalue weighted by molar-refractivity contribution is 5.85. The highest BCUT2D eigenvalue weighted by Gasteiger charge is 2.31. The van der Waals surface area contributed by atoms with E-state index in [0.717, 1.165) is 49.8 Å². The smallest absolute Gasteiger partial charge is 0.242 e. The van der Waals surface area contributed by atoms with E-state index in [2.05, 4.69) is 25.5 Å². The minimum atomic E-state index is -0.117. The number of hydrogen-bond acceptors (Lipinski definition) is 5. The average molecular weight is 277 g/mol. The number of aryl methyl sites for hydroxylation is 1. The van der Waals surface area contributed by atoms with Crippen molar-refractivity contribution in [1.29, 1.82) is 0 Å². The molecule has 1 aromatic rings. The van der Waals surface area contributed by atoms with Gasteiger partial charge in [0.15, 0.2) is 0 Å². The molecule has 110 valence electrons. The van der Waals surface area contributed by atoms with Crippen molar-refractivity contribution in [3.63, 3.8) is 0 Å². The molecule has 1 saturated heterocycles. The molecule has 1 aliphatic heterocycles. The van der Waals surface area contributed by atoms with E-state index in [0.29, 0.717) is 0 Å². The zero-order valence-corrected chi connectivity index (χ0v) is 12.4. The van der Waals surface area contributed by atoms with E-state index in [4.69, 9.17) is 0 Å². The van der Waals surface area contributed by atoms with Gasteiger partial charge in [-0.25, -0.2) is 9.97 Å². The van der Waals surface area contributed by atoms with Crippen molar-refractivity contribution in [3.05, 3.63) is 11.9 Å². The maximum absolute atomic E-state index is 12.0. The van der Waals surface area contributed by atoms with Gasteiger partial charge in [0, 0.05) is 32.6 Å². The fourth-order valence-electron chi connectivity index (χ4n) is 2.54. The van der Waals surface area contributed by atoms with Crippen LogP contribution in [0.3, 0.4) is 0 Å². The molecule has 0 radical (unpaired) electrons.